The summed E-state index contributed by atoms with van der Waals surface area (Å²) in [7, 11) is 0. The number of hydrogen-bond donors (Lipinski definition) is 0. The molecule has 1 aromatic heterocycles. The Bertz CT molecular complexity index is 535. The Labute approximate surface area is 182 Å². The third-order valence-electron chi connectivity index (χ3n) is 5.13. The summed E-state index contributed by atoms with van der Waals surface area (Å²) in [4.78, 5) is 12.2. The van der Waals surface area contributed by atoms with Gasteiger partial charge in [0, 0.05) is 19.3 Å². The Morgan fingerprint density at radius 1 is 0.933 bits per heavy atom. The number of carbonyl (C=O) groups excluding carboxylic acids is 1. The first-order valence-corrected chi connectivity index (χ1v) is 11.8. The highest BCUT2D eigenvalue weighted by molar-refractivity contribution is 5.87. The Morgan fingerprint density at radius 3 is 2.33 bits per heavy atom. The van der Waals surface area contributed by atoms with Crippen molar-refractivity contribution < 1.29 is 23.4 Å². The number of alkyl halides is 1. The van der Waals surface area contributed by atoms with Gasteiger partial charge in [-0.15, -0.1) is 0 Å². The van der Waals surface area contributed by atoms with Crippen LogP contribution in [-0.4, -0.2) is 49.7 Å². The topological polar surface area (TPSA) is 49.7 Å². The molecule has 1 heterocycles. The van der Waals surface area contributed by atoms with Crippen molar-refractivity contribution in [1.82, 2.24) is 4.57 Å². The molecular formula is C24H42FNO4. The van der Waals surface area contributed by atoms with E-state index in [1.54, 1.807) is 22.9 Å². The van der Waals surface area contributed by atoms with Gasteiger partial charge in [-0.05, 0) is 31.9 Å². The molecule has 0 radical (unpaired) electrons. The minimum Gasteiger partial charge on any atom is -0.459 e. The molecule has 0 aliphatic rings. The van der Waals surface area contributed by atoms with Crippen LogP contribution in [0.2, 0.25) is 0 Å². The van der Waals surface area contributed by atoms with Gasteiger partial charge < -0.3 is 18.8 Å². The van der Waals surface area contributed by atoms with Crippen LogP contribution in [0.1, 0.15) is 88.5 Å². The number of ether oxygens (including phenoxy) is 3. The van der Waals surface area contributed by atoms with Crippen LogP contribution in [0.4, 0.5) is 4.39 Å². The number of unbranched alkanes of at least 4 members (excludes halogenated alkanes) is 7. The molecule has 0 N–H and O–H groups in total. The van der Waals surface area contributed by atoms with E-state index in [1.807, 2.05) is 6.92 Å². The van der Waals surface area contributed by atoms with E-state index in [9.17, 15) is 9.18 Å². The Balaban J connectivity index is 2.14. The number of hydrogen-bond acceptors (Lipinski definition) is 4. The van der Waals surface area contributed by atoms with Crippen molar-refractivity contribution in [2.45, 2.75) is 90.8 Å². The van der Waals surface area contributed by atoms with Crippen LogP contribution in [0.15, 0.2) is 18.3 Å². The van der Waals surface area contributed by atoms with E-state index in [4.69, 9.17) is 14.2 Å². The second kappa shape index (κ2) is 18.4. The number of nitrogens with zero attached hydrogens (tertiary/aromatic N) is 1. The quantitative estimate of drug-likeness (QED) is 0.190. The highest BCUT2D eigenvalue weighted by Gasteiger charge is 2.14. The van der Waals surface area contributed by atoms with Crippen LogP contribution in [0.3, 0.4) is 0 Å². The van der Waals surface area contributed by atoms with Crippen molar-refractivity contribution in [2.24, 2.45) is 0 Å². The van der Waals surface area contributed by atoms with E-state index in [1.165, 1.54) is 38.5 Å². The van der Waals surface area contributed by atoms with E-state index in [-0.39, 0.29) is 6.61 Å². The third kappa shape index (κ3) is 13.0. The monoisotopic (exact) mass is 427 g/mol. The highest BCUT2D eigenvalue weighted by atomic mass is 19.1. The molecule has 0 saturated carbocycles. The summed E-state index contributed by atoms with van der Waals surface area (Å²) in [5.74, 6) is -0.396. The zero-order chi connectivity index (χ0) is 21.9. The minimum atomic E-state index is -0.824. The lowest BCUT2D eigenvalue weighted by Gasteiger charge is -2.12. The van der Waals surface area contributed by atoms with E-state index >= 15 is 0 Å². The summed E-state index contributed by atoms with van der Waals surface area (Å²) >= 11 is 0. The summed E-state index contributed by atoms with van der Waals surface area (Å²) in [6.07, 6.45) is 11.8. The number of halogens is 1. The average molecular weight is 428 g/mol. The Hall–Kier alpha value is -1.40. The lowest BCUT2D eigenvalue weighted by molar-refractivity contribution is 0.0157. The summed E-state index contributed by atoms with van der Waals surface area (Å²) in [5, 5.41) is 0. The van der Waals surface area contributed by atoms with Gasteiger partial charge in [-0.25, -0.2) is 9.18 Å². The van der Waals surface area contributed by atoms with Gasteiger partial charge in [-0.3, -0.25) is 0 Å². The van der Waals surface area contributed by atoms with Crippen LogP contribution in [-0.2, 0) is 20.8 Å². The van der Waals surface area contributed by atoms with E-state index in [0.29, 0.717) is 51.5 Å². The normalized spacial score (nSPS) is 12.2. The maximum absolute atomic E-state index is 14.2. The second-order valence-corrected chi connectivity index (χ2v) is 7.68. The average Bonchev–Trinajstić information content (AvgIpc) is 3.22. The minimum absolute atomic E-state index is 0.195. The van der Waals surface area contributed by atoms with Crippen molar-refractivity contribution in [2.75, 3.05) is 33.0 Å². The Kier molecular flexibility index (Phi) is 16.3. The third-order valence-corrected chi connectivity index (χ3v) is 5.13. The first-order chi connectivity index (χ1) is 14.7. The van der Waals surface area contributed by atoms with Gasteiger partial charge in [0.05, 0.1) is 19.8 Å². The largest absolute Gasteiger partial charge is 0.459 e. The highest BCUT2D eigenvalue weighted by Crippen LogP contribution is 2.15. The van der Waals surface area contributed by atoms with Crippen molar-refractivity contribution in [1.29, 1.82) is 0 Å². The lowest BCUT2D eigenvalue weighted by Crippen LogP contribution is -2.17. The van der Waals surface area contributed by atoms with E-state index < -0.39 is 12.1 Å². The van der Waals surface area contributed by atoms with E-state index in [2.05, 4.69) is 6.92 Å². The molecule has 1 unspecified atom stereocenters. The molecule has 0 spiro atoms. The number of carbonyl (C=O) groups is 1. The summed E-state index contributed by atoms with van der Waals surface area (Å²) in [5.41, 5.74) is 0.462. The second-order valence-electron chi connectivity index (χ2n) is 7.68. The van der Waals surface area contributed by atoms with Crippen molar-refractivity contribution >= 4 is 5.97 Å². The van der Waals surface area contributed by atoms with Crippen molar-refractivity contribution in [3.05, 3.63) is 24.0 Å². The molecule has 6 heteroatoms. The van der Waals surface area contributed by atoms with Crippen LogP contribution in [0.5, 0.6) is 0 Å². The molecule has 0 amide bonds. The van der Waals surface area contributed by atoms with E-state index in [0.717, 1.165) is 12.8 Å². The molecule has 1 aromatic rings. The number of aromatic nitrogens is 1. The molecule has 0 bridgehead atoms. The summed E-state index contributed by atoms with van der Waals surface area (Å²) in [6.45, 7) is 6.86. The van der Waals surface area contributed by atoms with Gasteiger partial charge >= 0.3 is 5.97 Å². The van der Waals surface area contributed by atoms with Crippen LogP contribution in [0, 0.1) is 0 Å². The molecule has 5 nitrogen and oxygen atoms in total. The molecule has 1 atom stereocenters. The number of rotatable bonds is 20. The maximum Gasteiger partial charge on any atom is 0.355 e. The summed E-state index contributed by atoms with van der Waals surface area (Å²) in [6, 6.07) is 3.50. The van der Waals surface area contributed by atoms with Gasteiger partial charge in [-0.2, -0.15) is 0 Å². The zero-order valence-corrected chi connectivity index (χ0v) is 19.1. The number of aryl methyl sites for hydroxylation is 1. The van der Waals surface area contributed by atoms with Gasteiger partial charge in [0.25, 0.3) is 0 Å². The maximum atomic E-state index is 14.2. The van der Waals surface area contributed by atoms with Crippen LogP contribution >= 0.6 is 0 Å². The fourth-order valence-electron chi connectivity index (χ4n) is 3.35. The summed E-state index contributed by atoms with van der Waals surface area (Å²) < 4.78 is 31.8. The fourth-order valence-corrected chi connectivity index (χ4v) is 3.35. The molecule has 30 heavy (non-hydrogen) atoms. The molecule has 174 valence electrons. The molecule has 0 aliphatic heterocycles. The predicted octanol–water partition coefficient (Wildman–Crippen LogP) is 5.96. The molecule has 0 fully saturated rings. The SMILES string of the molecule is CCCCCCCCCCC(F)CCn1cccc1C(=O)OCCOCCOCC. The van der Waals surface area contributed by atoms with Crippen LogP contribution < -0.4 is 0 Å². The van der Waals surface area contributed by atoms with Crippen molar-refractivity contribution in [3.63, 3.8) is 0 Å². The molecule has 0 saturated heterocycles. The smallest absolute Gasteiger partial charge is 0.355 e. The van der Waals surface area contributed by atoms with Gasteiger partial charge in [0.15, 0.2) is 0 Å². The van der Waals surface area contributed by atoms with Gasteiger partial charge in [-0.1, -0.05) is 58.3 Å². The molecule has 0 aromatic carbocycles. The van der Waals surface area contributed by atoms with Crippen molar-refractivity contribution in [3.8, 4) is 0 Å². The molecule has 1 rings (SSSR count). The first-order valence-electron chi connectivity index (χ1n) is 11.8. The predicted molar refractivity (Wildman–Crippen MR) is 119 cm³/mol. The lowest BCUT2D eigenvalue weighted by atomic mass is 10.1. The van der Waals surface area contributed by atoms with Crippen LogP contribution in [0.25, 0.3) is 0 Å². The first kappa shape index (κ1) is 26.6. The zero-order valence-electron chi connectivity index (χ0n) is 19.1. The molecule has 0 aliphatic carbocycles. The van der Waals surface area contributed by atoms with Gasteiger partial charge in [0.1, 0.15) is 18.5 Å². The number of esters is 1. The molecular weight excluding hydrogens is 385 g/mol. The standard InChI is InChI=1S/C24H42FNO4/c1-3-5-6-7-8-9-10-11-13-22(25)15-17-26-16-12-14-23(26)24(27)30-21-20-29-19-18-28-4-2/h12,14,16,22H,3-11,13,15,17-21H2,1-2H3. The Morgan fingerprint density at radius 2 is 1.60 bits per heavy atom. The van der Waals surface area contributed by atoms with Gasteiger partial charge in [0.2, 0.25) is 0 Å². The fraction of sp³-hybridized carbons (Fsp3) is 0.792.